The Labute approximate surface area is 125 Å². The van der Waals surface area contributed by atoms with Crippen LogP contribution in [0.1, 0.15) is 32.1 Å². The lowest BCUT2D eigenvalue weighted by molar-refractivity contribution is -0.133. The topological polar surface area (TPSA) is 52.2 Å². The van der Waals surface area contributed by atoms with Crippen molar-refractivity contribution in [3.05, 3.63) is 18.2 Å². The predicted octanol–water partition coefficient (Wildman–Crippen LogP) is 1.76. The highest BCUT2D eigenvalue weighted by molar-refractivity contribution is 7.99. The molecule has 1 N–H and O–H groups in total. The summed E-state index contributed by atoms with van der Waals surface area (Å²) < 4.78 is 0. The molecular formula is C14H24N4OS. The molecule has 20 heavy (non-hydrogen) atoms. The second kappa shape index (κ2) is 7.13. The minimum atomic E-state index is 0.0837. The number of rotatable bonds is 5. The fraction of sp³-hybridized carbons (Fsp3) is 0.714. The standard InChI is InChI=1S/C14H24N4OS/c1-4-12(20-3)14(19)18-9-8-17(5-2)11(10-18)13-15-6-7-16-13/h6-7,11-12H,4-5,8-10H2,1-3H3,(H,15,16). The molecule has 1 fully saturated rings. The zero-order valence-corrected chi connectivity index (χ0v) is 13.3. The van der Waals surface area contributed by atoms with Crippen molar-refractivity contribution in [1.29, 1.82) is 0 Å². The number of amides is 1. The van der Waals surface area contributed by atoms with E-state index in [0.717, 1.165) is 38.4 Å². The number of carbonyl (C=O) groups is 1. The Morgan fingerprint density at radius 2 is 2.35 bits per heavy atom. The zero-order chi connectivity index (χ0) is 14.5. The number of carbonyl (C=O) groups excluding carboxylic acids is 1. The Kier molecular flexibility index (Phi) is 5.48. The number of piperazine rings is 1. The molecule has 5 nitrogen and oxygen atoms in total. The molecule has 0 radical (unpaired) electrons. The molecule has 0 aromatic carbocycles. The molecule has 1 aliphatic rings. The number of aromatic nitrogens is 2. The number of thioether (sulfide) groups is 1. The maximum atomic E-state index is 12.5. The summed E-state index contributed by atoms with van der Waals surface area (Å²) in [6, 6.07) is 0.187. The summed E-state index contributed by atoms with van der Waals surface area (Å²) >= 11 is 1.65. The lowest BCUT2D eigenvalue weighted by Crippen LogP contribution is -2.52. The lowest BCUT2D eigenvalue weighted by atomic mass is 10.1. The van der Waals surface area contributed by atoms with Crippen LogP contribution in [-0.2, 0) is 4.79 Å². The number of hydrogen-bond acceptors (Lipinski definition) is 4. The summed E-state index contributed by atoms with van der Waals surface area (Å²) in [6.45, 7) is 7.68. The molecule has 1 aliphatic heterocycles. The number of hydrogen-bond donors (Lipinski definition) is 1. The van der Waals surface area contributed by atoms with E-state index in [9.17, 15) is 4.79 Å². The average molecular weight is 296 g/mol. The van der Waals surface area contributed by atoms with E-state index >= 15 is 0 Å². The van der Waals surface area contributed by atoms with Crippen molar-refractivity contribution >= 4 is 17.7 Å². The highest BCUT2D eigenvalue weighted by Gasteiger charge is 2.33. The van der Waals surface area contributed by atoms with Gasteiger partial charge in [-0.2, -0.15) is 11.8 Å². The second-order valence-corrected chi connectivity index (χ2v) is 6.08. The van der Waals surface area contributed by atoms with Gasteiger partial charge in [0.1, 0.15) is 5.82 Å². The first kappa shape index (κ1) is 15.4. The van der Waals surface area contributed by atoms with Gasteiger partial charge in [0.25, 0.3) is 0 Å². The molecule has 2 rings (SSSR count). The Morgan fingerprint density at radius 3 is 2.90 bits per heavy atom. The number of H-pyrrole nitrogens is 1. The van der Waals surface area contributed by atoms with Crippen molar-refractivity contribution in [3.63, 3.8) is 0 Å². The van der Waals surface area contributed by atoms with Crippen LogP contribution in [0.3, 0.4) is 0 Å². The van der Waals surface area contributed by atoms with Gasteiger partial charge in [0.05, 0.1) is 11.3 Å². The molecule has 6 heteroatoms. The summed E-state index contributed by atoms with van der Waals surface area (Å²) in [5.41, 5.74) is 0. The molecule has 2 atom stereocenters. The van der Waals surface area contributed by atoms with Crippen molar-refractivity contribution in [2.45, 2.75) is 31.6 Å². The van der Waals surface area contributed by atoms with Crippen molar-refractivity contribution in [1.82, 2.24) is 19.8 Å². The largest absolute Gasteiger partial charge is 0.347 e. The van der Waals surface area contributed by atoms with Crippen LogP contribution in [0.2, 0.25) is 0 Å². The van der Waals surface area contributed by atoms with E-state index in [1.165, 1.54) is 0 Å². The van der Waals surface area contributed by atoms with Gasteiger partial charge in [-0.05, 0) is 19.2 Å². The molecule has 0 aliphatic carbocycles. The highest BCUT2D eigenvalue weighted by atomic mass is 32.2. The second-order valence-electron chi connectivity index (χ2n) is 5.04. The summed E-state index contributed by atoms with van der Waals surface area (Å²) in [4.78, 5) is 24.5. The monoisotopic (exact) mass is 296 g/mol. The summed E-state index contributed by atoms with van der Waals surface area (Å²) in [7, 11) is 0. The smallest absolute Gasteiger partial charge is 0.235 e. The van der Waals surface area contributed by atoms with E-state index < -0.39 is 0 Å². The summed E-state index contributed by atoms with van der Waals surface area (Å²) in [5.74, 6) is 1.23. The molecule has 0 saturated carbocycles. The first-order chi connectivity index (χ1) is 9.71. The Hall–Kier alpha value is -1.01. The zero-order valence-electron chi connectivity index (χ0n) is 12.5. The molecule has 2 heterocycles. The molecule has 0 spiro atoms. The first-order valence-electron chi connectivity index (χ1n) is 7.26. The number of aromatic amines is 1. The SMILES string of the molecule is CCC(SC)C(=O)N1CCN(CC)C(c2ncc[nH]2)C1. The fourth-order valence-corrected chi connectivity index (χ4v) is 3.45. The molecule has 1 aromatic heterocycles. The van der Waals surface area contributed by atoms with Gasteiger partial charge in [0, 0.05) is 32.0 Å². The number of likely N-dealkylation sites (N-methyl/N-ethyl adjacent to an activating group) is 1. The van der Waals surface area contributed by atoms with Crippen molar-refractivity contribution in [3.8, 4) is 0 Å². The predicted molar refractivity (Wildman–Crippen MR) is 82.7 cm³/mol. The van der Waals surface area contributed by atoms with E-state index in [1.54, 1.807) is 18.0 Å². The quantitative estimate of drug-likeness (QED) is 0.899. The van der Waals surface area contributed by atoms with Crippen LogP contribution in [-0.4, -0.2) is 63.4 Å². The number of imidazole rings is 1. The van der Waals surface area contributed by atoms with Crippen LogP contribution in [0.5, 0.6) is 0 Å². The van der Waals surface area contributed by atoms with Gasteiger partial charge >= 0.3 is 0 Å². The maximum absolute atomic E-state index is 12.5. The third-order valence-corrected chi connectivity index (χ3v) is 5.08. The van der Waals surface area contributed by atoms with E-state index in [0.29, 0.717) is 0 Å². The molecule has 112 valence electrons. The third kappa shape index (κ3) is 3.17. The van der Waals surface area contributed by atoms with E-state index in [2.05, 4.69) is 28.7 Å². The normalized spacial score (nSPS) is 21.9. The van der Waals surface area contributed by atoms with Crippen molar-refractivity contribution in [2.75, 3.05) is 32.4 Å². The molecule has 1 saturated heterocycles. The molecular weight excluding hydrogens is 272 g/mol. The number of nitrogens with zero attached hydrogens (tertiary/aromatic N) is 3. The van der Waals surface area contributed by atoms with Gasteiger partial charge in [-0.15, -0.1) is 0 Å². The minimum Gasteiger partial charge on any atom is -0.347 e. The van der Waals surface area contributed by atoms with Gasteiger partial charge in [-0.3, -0.25) is 9.69 Å². The van der Waals surface area contributed by atoms with E-state index in [4.69, 9.17) is 0 Å². The van der Waals surface area contributed by atoms with Crippen LogP contribution >= 0.6 is 11.8 Å². The maximum Gasteiger partial charge on any atom is 0.235 e. The van der Waals surface area contributed by atoms with Gasteiger partial charge in [0.15, 0.2) is 0 Å². The van der Waals surface area contributed by atoms with Crippen LogP contribution in [0, 0.1) is 0 Å². The Balaban J connectivity index is 2.10. The summed E-state index contributed by atoms with van der Waals surface area (Å²) in [6.07, 6.45) is 6.53. The van der Waals surface area contributed by atoms with Gasteiger partial charge in [0.2, 0.25) is 5.91 Å². The Morgan fingerprint density at radius 1 is 1.55 bits per heavy atom. The van der Waals surface area contributed by atoms with E-state index in [-0.39, 0.29) is 17.2 Å². The van der Waals surface area contributed by atoms with Crippen LogP contribution in [0.15, 0.2) is 12.4 Å². The third-order valence-electron chi connectivity index (χ3n) is 3.97. The molecule has 1 amide bonds. The molecule has 2 unspecified atom stereocenters. The highest BCUT2D eigenvalue weighted by Crippen LogP contribution is 2.24. The van der Waals surface area contributed by atoms with Crippen molar-refractivity contribution in [2.24, 2.45) is 0 Å². The lowest BCUT2D eigenvalue weighted by Gasteiger charge is -2.41. The van der Waals surface area contributed by atoms with Crippen molar-refractivity contribution < 1.29 is 4.79 Å². The first-order valence-corrected chi connectivity index (χ1v) is 8.54. The summed E-state index contributed by atoms with van der Waals surface area (Å²) in [5, 5.41) is 0.0837. The fourth-order valence-electron chi connectivity index (χ4n) is 2.76. The van der Waals surface area contributed by atoms with Gasteiger partial charge in [-0.25, -0.2) is 4.98 Å². The van der Waals surface area contributed by atoms with Gasteiger partial charge in [-0.1, -0.05) is 13.8 Å². The molecule has 0 bridgehead atoms. The van der Waals surface area contributed by atoms with Crippen LogP contribution in [0.25, 0.3) is 0 Å². The minimum absolute atomic E-state index is 0.0837. The molecule has 1 aromatic rings. The van der Waals surface area contributed by atoms with Crippen LogP contribution in [0.4, 0.5) is 0 Å². The van der Waals surface area contributed by atoms with E-state index in [1.807, 2.05) is 17.4 Å². The number of nitrogens with one attached hydrogen (secondary N) is 1. The Bertz CT molecular complexity index is 419. The van der Waals surface area contributed by atoms with Gasteiger partial charge < -0.3 is 9.88 Å². The average Bonchev–Trinajstić information content (AvgIpc) is 3.01. The van der Waals surface area contributed by atoms with Crippen LogP contribution < -0.4 is 0 Å².